The third kappa shape index (κ3) is 1.65. The first kappa shape index (κ1) is 10.2. The van der Waals surface area contributed by atoms with E-state index in [-0.39, 0.29) is 0 Å². The molecule has 0 radical (unpaired) electrons. The van der Waals surface area contributed by atoms with Gasteiger partial charge in [-0.15, -0.1) is 0 Å². The molecule has 1 aromatic heterocycles. The largest absolute Gasteiger partial charge is 0.347 e. The lowest BCUT2D eigenvalue weighted by Crippen LogP contribution is -2.02. The van der Waals surface area contributed by atoms with Gasteiger partial charge < -0.3 is 10.3 Å². The van der Waals surface area contributed by atoms with Gasteiger partial charge in [-0.1, -0.05) is 12.1 Å². The van der Waals surface area contributed by atoms with Crippen LogP contribution in [-0.4, -0.2) is 11.1 Å². The fraction of sp³-hybridized carbons (Fsp3) is 0.385. The maximum Gasteiger partial charge on any atom is 0.0485 e. The van der Waals surface area contributed by atoms with Gasteiger partial charge in [-0.3, -0.25) is 0 Å². The number of fused-ring (bicyclic) bond motifs is 1. The summed E-state index contributed by atoms with van der Waals surface area (Å²) in [5, 5.41) is 1.39. The van der Waals surface area contributed by atoms with Gasteiger partial charge in [0.05, 0.1) is 0 Å². The van der Waals surface area contributed by atoms with Crippen molar-refractivity contribution < 1.29 is 0 Å². The lowest BCUT2D eigenvalue weighted by molar-refractivity contribution is 0.790. The molecule has 0 fully saturated rings. The first-order valence-electron chi connectivity index (χ1n) is 5.55. The van der Waals surface area contributed by atoms with Crippen molar-refractivity contribution in [2.75, 3.05) is 6.54 Å². The Morgan fingerprint density at radius 1 is 1.33 bits per heavy atom. The van der Waals surface area contributed by atoms with E-state index in [1.165, 1.54) is 22.0 Å². The first-order chi connectivity index (χ1) is 7.27. The summed E-state index contributed by atoms with van der Waals surface area (Å²) in [6.07, 6.45) is 3.21. The van der Waals surface area contributed by atoms with E-state index in [0.29, 0.717) is 0 Å². The molecule has 2 heteroatoms. The molecule has 2 nitrogen and oxygen atoms in total. The van der Waals surface area contributed by atoms with Crippen LogP contribution >= 0.6 is 0 Å². The highest BCUT2D eigenvalue weighted by Gasteiger charge is 2.08. The summed E-state index contributed by atoms with van der Waals surface area (Å²) in [6, 6.07) is 6.48. The molecule has 1 heterocycles. The van der Waals surface area contributed by atoms with E-state index < -0.39 is 0 Å². The van der Waals surface area contributed by atoms with Crippen LogP contribution in [-0.2, 0) is 13.0 Å². The van der Waals surface area contributed by atoms with E-state index >= 15 is 0 Å². The number of aryl methyl sites for hydroxylation is 2. The molecule has 0 spiro atoms. The van der Waals surface area contributed by atoms with Crippen LogP contribution in [0.3, 0.4) is 0 Å². The zero-order valence-corrected chi connectivity index (χ0v) is 9.46. The Morgan fingerprint density at radius 2 is 2.13 bits per heavy atom. The van der Waals surface area contributed by atoms with Crippen molar-refractivity contribution in [3.8, 4) is 0 Å². The fourth-order valence-corrected chi connectivity index (χ4v) is 2.24. The monoisotopic (exact) mass is 202 g/mol. The molecule has 15 heavy (non-hydrogen) atoms. The summed E-state index contributed by atoms with van der Waals surface area (Å²) in [4.78, 5) is 0. The molecule has 80 valence electrons. The van der Waals surface area contributed by atoms with E-state index in [1.807, 2.05) is 0 Å². The Hall–Kier alpha value is -1.28. The average molecular weight is 202 g/mol. The Bertz CT molecular complexity index is 469. The Labute approximate surface area is 90.7 Å². The molecule has 0 amide bonds. The summed E-state index contributed by atoms with van der Waals surface area (Å²) in [7, 11) is 0. The van der Waals surface area contributed by atoms with Gasteiger partial charge in [0, 0.05) is 23.6 Å². The standard InChI is InChI=1S/C13H18N2/c1-3-15-9-11(7-8-14)13-10(2)5-4-6-12(13)15/h4-6,9H,3,7-8,14H2,1-2H3. The maximum atomic E-state index is 5.64. The third-order valence-corrected chi connectivity index (χ3v) is 2.95. The van der Waals surface area contributed by atoms with Crippen LogP contribution in [0.25, 0.3) is 10.9 Å². The molecule has 2 aromatic rings. The first-order valence-corrected chi connectivity index (χ1v) is 5.55. The molecule has 0 unspecified atom stereocenters. The van der Waals surface area contributed by atoms with Gasteiger partial charge in [0.25, 0.3) is 0 Å². The van der Waals surface area contributed by atoms with E-state index in [2.05, 4.69) is 42.8 Å². The minimum atomic E-state index is 0.719. The Kier molecular flexibility index (Phi) is 2.78. The van der Waals surface area contributed by atoms with Crippen molar-refractivity contribution in [3.63, 3.8) is 0 Å². The molecule has 0 aliphatic carbocycles. The number of rotatable bonds is 3. The van der Waals surface area contributed by atoms with Gasteiger partial charge in [-0.25, -0.2) is 0 Å². The molecule has 1 aromatic carbocycles. The predicted octanol–water partition coefficient (Wildman–Crippen LogP) is 2.47. The van der Waals surface area contributed by atoms with Gasteiger partial charge in [0.1, 0.15) is 0 Å². The number of nitrogens with zero attached hydrogens (tertiary/aromatic N) is 1. The van der Waals surface area contributed by atoms with Crippen molar-refractivity contribution in [1.82, 2.24) is 4.57 Å². The molecule has 2 rings (SSSR count). The highest BCUT2D eigenvalue weighted by Crippen LogP contribution is 2.25. The number of hydrogen-bond acceptors (Lipinski definition) is 1. The predicted molar refractivity (Wildman–Crippen MR) is 65.1 cm³/mol. The molecule has 0 bridgehead atoms. The lowest BCUT2D eigenvalue weighted by Gasteiger charge is -2.01. The lowest BCUT2D eigenvalue weighted by atomic mass is 10.1. The van der Waals surface area contributed by atoms with Crippen LogP contribution in [0.15, 0.2) is 24.4 Å². The molecular weight excluding hydrogens is 184 g/mol. The SMILES string of the molecule is CCn1cc(CCN)c2c(C)cccc21. The zero-order chi connectivity index (χ0) is 10.8. The van der Waals surface area contributed by atoms with Crippen LogP contribution in [0, 0.1) is 6.92 Å². The van der Waals surface area contributed by atoms with Crippen molar-refractivity contribution >= 4 is 10.9 Å². The molecular formula is C13H18N2. The topological polar surface area (TPSA) is 30.9 Å². The van der Waals surface area contributed by atoms with Crippen molar-refractivity contribution in [3.05, 3.63) is 35.5 Å². The Morgan fingerprint density at radius 3 is 2.80 bits per heavy atom. The fourth-order valence-electron chi connectivity index (χ4n) is 2.24. The second-order valence-corrected chi connectivity index (χ2v) is 3.95. The minimum absolute atomic E-state index is 0.719. The van der Waals surface area contributed by atoms with Gasteiger partial charge in [0.2, 0.25) is 0 Å². The quantitative estimate of drug-likeness (QED) is 0.814. The molecule has 0 aliphatic heterocycles. The van der Waals surface area contributed by atoms with Crippen LogP contribution in [0.2, 0.25) is 0 Å². The molecule has 0 saturated heterocycles. The van der Waals surface area contributed by atoms with Crippen LogP contribution in [0.5, 0.6) is 0 Å². The number of hydrogen-bond donors (Lipinski definition) is 1. The second kappa shape index (κ2) is 4.07. The molecule has 0 atom stereocenters. The number of nitrogens with two attached hydrogens (primary N) is 1. The molecule has 0 saturated carbocycles. The summed E-state index contributed by atoms with van der Waals surface area (Å²) in [5.74, 6) is 0. The van der Waals surface area contributed by atoms with Crippen molar-refractivity contribution in [1.29, 1.82) is 0 Å². The summed E-state index contributed by atoms with van der Waals surface area (Å²) >= 11 is 0. The van der Waals surface area contributed by atoms with E-state index in [0.717, 1.165) is 19.5 Å². The number of aromatic nitrogens is 1. The van der Waals surface area contributed by atoms with Crippen molar-refractivity contribution in [2.24, 2.45) is 5.73 Å². The van der Waals surface area contributed by atoms with Crippen molar-refractivity contribution in [2.45, 2.75) is 26.8 Å². The summed E-state index contributed by atoms with van der Waals surface area (Å²) in [5.41, 5.74) is 9.71. The van der Waals surface area contributed by atoms with Gasteiger partial charge >= 0.3 is 0 Å². The average Bonchev–Trinajstić information content (AvgIpc) is 2.59. The highest BCUT2D eigenvalue weighted by atomic mass is 14.9. The van der Waals surface area contributed by atoms with Gasteiger partial charge in [-0.05, 0) is 44.0 Å². The van der Waals surface area contributed by atoms with E-state index in [4.69, 9.17) is 5.73 Å². The zero-order valence-electron chi connectivity index (χ0n) is 9.46. The Balaban J connectivity index is 2.70. The third-order valence-electron chi connectivity index (χ3n) is 2.95. The van der Waals surface area contributed by atoms with E-state index in [1.54, 1.807) is 0 Å². The minimum Gasteiger partial charge on any atom is -0.347 e. The smallest absolute Gasteiger partial charge is 0.0485 e. The maximum absolute atomic E-state index is 5.64. The van der Waals surface area contributed by atoms with Gasteiger partial charge in [0.15, 0.2) is 0 Å². The summed E-state index contributed by atoms with van der Waals surface area (Å²) < 4.78 is 2.30. The van der Waals surface area contributed by atoms with Gasteiger partial charge in [-0.2, -0.15) is 0 Å². The second-order valence-electron chi connectivity index (χ2n) is 3.95. The van der Waals surface area contributed by atoms with Crippen LogP contribution in [0.1, 0.15) is 18.1 Å². The summed E-state index contributed by atoms with van der Waals surface area (Å²) in [6.45, 7) is 6.08. The van der Waals surface area contributed by atoms with Crippen LogP contribution in [0.4, 0.5) is 0 Å². The van der Waals surface area contributed by atoms with E-state index in [9.17, 15) is 0 Å². The van der Waals surface area contributed by atoms with Crippen LogP contribution < -0.4 is 5.73 Å². The highest BCUT2D eigenvalue weighted by molar-refractivity contribution is 5.87. The number of benzene rings is 1. The molecule has 2 N–H and O–H groups in total. The normalized spacial score (nSPS) is 11.1. The molecule has 0 aliphatic rings.